The Morgan fingerprint density at radius 3 is 2.80 bits per heavy atom. The van der Waals surface area contributed by atoms with Gasteiger partial charge in [-0.15, -0.1) is 0 Å². The first-order valence-electron chi connectivity index (χ1n) is 8.44. The lowest BCUT2D eigenvalue weighted by molar-refractivity contribution is -0.384. The largest absolute Gasteiger partial charge is 0.378 e. The van der Waals surface area contributed by atoms with Gasteiger partial charge < -0.3 is 5.32 Å². The maximum absolute atomic E-state index is 11.2. The number of fused-ring (bicyclic) bond motifs is 3. The first-order chi connectivity index (χ1) is 12.0. The standard InChI is InChI=1S/C20H19ClN2O2/c1-11-8-12(2)19-14-4-3-5-15(14)20(22-18(19)9-11)16-10-13(23(24)25)6-7-17(16)21/h3-4,6-10,14-15,20,22H,5H2,1-2H3. The summed E-state index contributed by atoms with van der Waals surface area (Å²) in [6, 6.07) is 9.03. The topological polar surface area (TPSA) is 55.2 Å². The second kappa shape index (κ2) is 5.88. The van der Waals surface area contributed by atoms with Gasteiger partial charge in [0.1, 0.15) is 0 Å². The van der Waals surface area contributed by atoms with Crippen LogP contribution in [-0.4, -0.2) is 4.92 Å². The number of benzene rings is 2. The summed E-state index contributed by atoms with van der Waals surface area (Å²) in [5, 5.41) is 15.4. The Labute approximate surface area is 151 Å². The fraction of sp³-hybridized carbons (Fsp3) is 0.300. The first kappa shape index (κ1) is 16.2. The fourth-order valence-corrected chi connectivity index (χ4v) is 4.57. The van der Waals surface area contributed by atoms with Crippen LogP contribution in [-0.2, 0) is 0 Å². The molecule has 3 atom stereocenters. The molecule has 2 aromatic rings. The van der Waals surface area contributed by atoms with Crippen LogP contribution in [0.15, 0.2) is 42.5 Å². The minimum atomic E-state index is -0.366. The predicted octanol–water partition coefficient (Wildman–Crippen LogP) is 5.69. The number of aryl methyl sites for hydroxylation is 2. The second-order valence-electron chi connectivity index (χ2n) is 6.98. The van der Waals surface area contributed by atoms with Crippen LogP contribution in [0.3, 0.4) is 0 Å². The van der Waals surface area contributed by atoms with Gasteiger partial charge in [0.15, 0.2) is 0 Å². The zero-order valence-electron chi connectivity index (χ0n) is 14.1. The quantitative estimate of drug-likeness (QED) is 0.428. The first-order valence-corrected chi connectivity index (χ1v) is 8.81. The van der Waals surface area contributed by atoms with Gasteiger partial charge in [0, 0.05) is 34.3 Å². The normalized spacial score (nSPS) is 23.7. The van der Waals surface area contributed by atoms with Gasteiger partial charge >= 0.3 is 0 Å². The average Bonchev–Trinajstić information content (AvgIpc) is 3.03. The molecule has 0 aromatic heterocycles. The molecule has 2 aliphatic rings. The van der Waals surface area contributed by atoms with Crippen molar-refractivity contribution in [3.63, 3.8) is 0 Å². The highest BCUT2D eigenvalue weighted by molar-refractivity contribution is 6.31. The monoisotopic (exact) mass is 354 g/mol. The third-order valence-corrected chi connectivity index (χ3v) is 5.69. The smallest absolute Gasteiger partial charge is 0.269 e. The molecule has 2 aromatic carbocycles. The van der Waals surface area contributed by atoms with E-state index >= 15 is 0 Å². The molecule has 1 aliphatic carbocycles. The van der Waals surface area contributed by atoms with Crippen LogP contribution in [0.1, 0.15) is 40.6 Å². The molecule has 0 amide bonds. The van der Waals surface area contributed by atoms with Gasteiger partial charge in [-0.25, -0.2) is 0 Å². The number of non-ortho nitro benzene ring substituents is 1. The van der Waals surface area contributed by atoms with E-state index < -0.39 is 0 Å². The third kappa shape index (κ3) is 2.61. The molecule has 1 heterocycles. The Bertz CT molecular complexity index is 907. The predicted molar refractivity (Wildman–Crippen MR) is 100 cm³/mol. The summed E-state index contributed by atoms with van der Waals surface area (Å²) in [4.78, 5) is 10.8. The Hall–Kier alpha value is -2.33. The fourth-order valence-electron chi connectivity index (χ4n) is 4.33. The van der Waals surface area contributed by atoms with Gasteiger partial charge in [0.05, 0.1) is 11.0 Å². The summed E-state index contributed by atoms with van der Waals surface area (Å²) in [6.07, 6.45) is 5.42. The van der Waals surface area contributed by atoms with Crippen molar-refractivity contribution >= 4 is 23.0 Å². The summed E-state index contributed by atoms with van der Waals surface area (Å²) >= 11 is 6.43. The van der Waals surface area contributed by atoms with E-state index in [4.69, 9.17) is 11.6 Å². The van der Waals surface area contributed by atoms with Crippen LogP contribution < -0.4 is 5.32 Å². The van der Waals surface area contributed by atoms with E-state index in [1.54, 1.807) is 12.1 Å². The molecule has 5 heteroatoms. The van der Waals surface area contributed by atoms with E-state index in [1.165, 1.54) is 22.8 Å². The van der Waals surface area contributed by atoms with Crippen LogP contribution in [0.4, 0.5) is 11.4 Å². The average molecular weight is 355 g/mol. The molecule has 25 heavy (non-hydrogen) atoms. The van der Waals surface area contributed by atoms with E-state index in [-0.39, 0.29) is 16.7 Å². The molecule has 0 fully saturated rings. The van der Waals surface area contributed by atoms with Crippen molar-refractivity contribution in [2.24, 2.45) is 5.92 Å². The summed E-state index contributed by atoms with van der Waals surface area (Å²) in [7, 11) is 0. The highest BCUT2D eigenvalue weighted by Gasteiger charge is 2.39. The van der Waals surface area contributed by atoms with E-state index in [1.807, 2.05) is 0 Å². The number of nitrogens with one attached hydrogen (secondary N) is 1. The number of halogens is 1. The van der Waals surface area contributed by atoms with Gasteiger partial charge in [-0.05, 0) is 55.0 Å². The Morgan fingerprint density at radius 2 is 2.04 bits per heavy atom. The van der Waals surface area contributed by atoms with Crippen LogP contribution in [0.25, 0.3) is 0 Å². The van der Waals surface area contributed by atoms with Crippen molar-refractivity contribution < 1.29 is 4.92 Å². The van der Waals surface area contributed by atoms with Crippen molar-refractivity contribution in [3.05, 3.63) is 79.9 Å². The van der Waals surface area contributed by atoms with Crippen molar-refractivity contribution in [1.29, 1.82) is 0 Å². The number of hydrogen-bond acceptors (Lipinski definition) is 3. The molecule has 4 nitrogen and oxygen atoms in total. The van der Waals surface area contributed by atoms with Crippen molar-refractivity contribution in [1.82, 2.24) is 0 Å². The molecule has 128 valence electrons. The van der Waals surface area contributed by atoms with Crippen molar-refractivity contribution in [3.8, 4) is 0 Å². The van der Waals surface area contributed by atoms with Gasteiger partial charge in [0.25, 0.3) is 5.69 Å². The summed E-state index contributed by atoms with van der Waals surface area (Å²) in [5.41, 5.74) is 5.81. The molecule has 0 bridgehead atoms. The summed E-state index contributed by atoms with van der Waals surface area (Å²) in [6.45, 7) is 4.23. The Balaban J connectivity index is 1.85. The highest BCUT2D eigenvalue weighted by Crippen LogP contribution is 2.52. The second-order valence-corrected chi connectivity index (χ2v) is 7.39. The molecule has 0 saturated heterocycles. The minimum absolute atomic E-state index is 0.0406. The van der Waals surface area contributed by atoms with Crippen molar-refractivity contribution in [2.45, 2.75) is 32.2 Å². The van der Waals surface area contributed by atoms with Gasteiger partial charge in [-0.3, -0.25) is 10.1 Å². The molecule has 3 unspecified atom stereocenters. The van der Waals surface area contributed by atoms with Crippen molar-refractivity contribution in [2.75, 3.05) is 5.32 Å². The molecule has 1 N–H and O–H groups in total. The lowest BCUT2D eigenvalue weighted by Crippen LogP contribution is -2.30. The maximum Gasteiger partial charge on any atom is 0.269 e. The van der Waals surface area contributed by atoms with Crippen LogP contribution in [0.2, 0.25) is 5.02 Å². The molecule has 4 rings (SSSR count). The number of nitro benzene ring substituents is 1. The van der Waals surface area contributed by atoms with E-state index in [0.29, 0.717) is 16.9 Å². The number of anilines is 1. The Morgan fingerprint density at radius 1 is 1.24 bits per heavy atom. The zero-order valence-corrected chi connectivity index (χ0v) is 14.9. The number of nitrogens with zero attached hydrogens (tertiary/aromatic N) is 1. The summed E-state index contributed by atoms with van der Waals surface area (Å²) < 4.78 is 0. The highest BCUT2D eigenvalue weighted by atomic mass is 35.5. The molecule has 1 aliphatic heterocycles. The lowest BCUT2D eigenvalue weighted by atomic mass is 9.75. The molecule has 0 spiro atoms. The number of nitro groups is 1. The van der Waals surface area contributed by atoms with E-state index in [0.717, 1.165) is 17.7 Å². The van der Waals surface area contributed by atoms with Crippen LogP contribution >= 0.6 is 11.6 Å². The van der Waals surface area contributed by atoms with Crippen LogP contribution in [0, 0.1) is 29.9 Å². The van der Waals surface area contributed by atoms with Gasteiger partial charge in [0.2, 0.25) is 0 Å². The van der Waals surface area contributed by atoms with Gasteiger partial charge in [-0.2, -0.15) is 0 Å². The maximum atomic E-state index is 11.2. The molecule has 0 saturated carbocycles. The zero-order chi connectivity index (χ0) is 17.7. The Kier molecular flexibility index (Phi) is 3.80. The number of allylic oxidation sites excluding steroid dienone is 2. The third-order valence-electron chi connectivity index (χ3n) is 5.34. The van der Waals surface area contributed by atoms with Crippen LogP contribution in [0.5, 0.6) is 0 Å². The SMILES string of the molecule is Cc1cc(C)c2c(c1)NC(c1cc([N+](=O)[O-])ccc1Cl)C1CC=CC21. The molecule has 0 radical (unpaired) electrons. The van der Waals surface area contributed by atoms with Gasteiger partial charge in [-0.1, -0.05) is 29.8 Å². The lowest BCUT2D eigenvalue weighted by Gasteiger charge is -2.38. The van der Waals surface area contributed by atoms with E-state index in [9.17, 15) is 10.1 Å². The summed E-state index contributed by atoms with van der Waals surface area (Å²) in [5.74, 6) is 0.630. The van der Waals surface area contributed by atoms with E-state index in [2.05, 4.69) is 43.4 Å². The number of rotatable bonds is 2. The number of hydrogen-bond donors (Lipinski definition) is 1. The molecular weight excluding hydrogens is 336 g/mol. The minimum Gasteiger partial charge on any atom is -0.378 e. The molecular formula is C20H19ClN2O2.